The molecule has 74 valence electrons. The molecule has 0 aliphatic heterocycles. The normalized spacial score (nSPS) is 13.8. The minimum Gasteiger partial charge on any atom is -0.245 e. The van der Waals surface area contributed by atoms with Crippen LogP contribution in [-0.4, -0.2) is 20.1 Å². The second-order valence-electron chi connectivity index (χ2n) is 3.75. The number of hydrogen-bond acceptors (Lipinski definition) is 4. The first kappa shape index (κ1) is 11.9. The van der Waals surface area contributed by atoms with E-state index in [9.17, 15) is 8.42 Å². The van der Waals surface area contributed by atoms with Crippen LogP contribution in [0.5, 0.6) is 0 Å². The van der Waals surface area contributed by atoms with Crippen LogP contribution in [0, 0.1) is 0 Å². The van der Waals surface area contributed by atoms with Crippen molar-refractivity contribution in [2.24, 2.45) is 0 Å². The van der Waals surface area contributed by atoms with Crippen LogP contribution < -0.4 is 0 Å². The number of hydrogen-bond donors (Lipinski definition) is 0. The highest BCUT2D eigenvalue weighted by Crippen LogP contribution is 2.13. The molecule has 0 amide bonds. The van der Waals surface area contributed by atoms with Crippen LogP contribution in [0.25, 0.3) is 0 Å². The van der Waals surface area contributed by atoms with Crippen LogP contribution in [0.2, 0.25) is 0 Å². The van der Waals surface area contributed by atoms with Crippen LogP contribution in [-0.2, 0) is 18.8 Å². The van der Waals surface area contributed by atoms with Gasteiger partial charge in [0.15, 0.2) is 0 Å². The molecule has 0 bridgehead atoms. The smallest absolute Gasteiger partial charge is 0.245 e. The lowest BCUT2D eigenvalue weighted by Gasteiger charge is -2.18. The third kappa shape index (κ3) is 6.57. The average molecular weight is 196 g/mol. The second-order valence-corrected chi connectivity index (χ2v) is 4.92. The fourth-order valence-electron chi connectivity index (χ4n) is 0.562. The first-order valence-electron chi connectivity index (χ1n) is 3.76. The molecule has 0 fully saturated rings. The summed E-state index contributed by atoms with van der Waals surface area (Å²) in [5.41, 5.74) is -0.742. The van der Waals surface area contributed by atoms with E-state index in [1.807, 2.05) is 0 Å². The maximum absolute atomic E-state index is 11.0. The van der Waals surface area contributed by atoms with Crippen molar-refractivity contribution in [1.82, 2.24) is 0 Å². The molecule has 0 saturated heterocycles. The average Bonchev–Trinajstić information content (AvgIpc) is 1.48. The van der Waals surface area contributed by atoms with Crippen molar-refractivity contribution in [2.75, 3.05) is 0 Å². The first-order valence-corrected chi connectivity index (χ1v) is 5.09. The SMILES string of the molecule is CC(C)OS(=O)(=O)OC(C)(C)C. The summed E-state index contributed by atoms with van der Waals surface area (Å²) in [5.74, 6) is 0. The van der Waals surface area contributed by atoms with Crippen molar-refractivity contribution in [3.8, 4) is 0 Å². The Morgan fingerprint density at radius 1 is 1.17 bits per heavy atom. The molecule has 0 rings (SSSR count). The quantitative estimate of drug-likeness (QED) is 0.686. The summed E-state index contributed by atoms with van der Waals surface area (Å²) >= 11 is 0. The molecular formula is C7H16O4S. The predicted molar refractivity (Wildman–Crippen MR) is 46.0 cm³/mol. The molecule has 0 saturated carbocycles. The molecule has 0 aromatic carbocycles. The van der Waals surface area contributed by atoms with E-state index in [1.54, 1.807) is 34.6 Å². The molecule has 0 radical (unpaired) electrons. The van der Waals surface area contributed by atoms with Crippen molar-refractivity contribution in [3.05, 3.63) is 0 Å². The standard InChI is InChI=1S/C7H16O4S/c1-6(2)10-12(8,9)11-7(3,4)5/h6H,1-5H3. The molecule has 0 aromatic rings. The van der Waals surface area contributed by atoms with Gasteiger partial charge in [-0.15, -0.1) is 0 Å². The minimum atomic E-state index is -3.84. The van der Waals surface area contributed by atoms with Crippen molar-refractivity contribution >= 4 is 10.4 Å². The summed E-state index contributed by atoms with van der Waals surface area (Å²) < 4.78 is 31.3. The highest BCUT2D eigenvalue weighted by molar-refractivity contribution is 7.81. The van der Waals surface area contributed by atoms with Gasteiger partial charge in [0.1, 0.15) is 0 Å². The van der Waals surface area contributed by atoms with Crippen molar-refractivity contribution in [1.29, 1.82) is 0 Å². The van der Waals surface area contributed by atoms with E-state index < -0.39 is 22.1 Å². The Labute approximate surface area is 74.2 Å². The van der Waals surface area contributed by atoms with Gasteiger partial charge in [-0.3, -0.25) is 0 Å². The molecule has 0 atom stereocenters. The van der Waals surface area contributed by atoms with Gasteiger partial charge in [0, 0.05) is 0 Å². The molecule has 0 N–H and O–H groups in total. The molecule has 4 nitrogen and oxygen atoms in total. The van der Waals surface area contributed by atoms with Crippen LogP contribution >= 0.6 is 0 Å². The molecule has 12 heavy (non-hydrogen) atoms. The maximum atomic E-state index is 11.0. The molecule has 0 aliphatic carbocycles. The Bertz CT molecular complexity index is 222. The van der Waals surface area contributed by atoms with Gasteiger partial charge in [-0.2, -0.15) is 8.42 Å². The lowest BCUT2D eigenvalue weighted by Crippen LogP contribution is -2.26. The van der Waals surface area contributed by atoms with Crippen LogP contribution in [0.4, 0.5) is 0 Å². The largest absolute Gasteiger partial charge is 0.400 e. The lowest BCUT2D eigenvalue weighted by molar-refractivity contribution is 0.0920. The summed E-state index contributed by atoms with van der Waals surface area (Å²) in [6.07, 6.45) is -0.391. The van der Waals surface area contributed by atoms with Gasteiger partial charge in [0.25, 0.3) is 0 Å². The van der Waals surface area contributed by atoms with Crippen molar-refractivity contribution in [3.63, 3.8) is 0 Å². The topological polar surface area (TPSA) is 52.6 Å². The monoisotopic (exact) mass is 196 g/mol. The Morgan fingerprint density at radius 2 is 1.58 bits per heavy atom. The zero-order valence-electron chi connectivity index (χ0n) is 8.12. The minimum absolute atomic E-state index is 0.391. The summed E-state index contributed by atoms with van der Waals surface area (Å²) in [4.78, 5) is 0. The van der Waals surface area contributed by atoms with Gasteiger partial charge < -0.3 is 0 Å². The van der Waals surface area contributed by atoms with Gasteiger partial charge in [-0.25, -0.2) is 8.37 Å². The van der Waals surface area contributed by atoms with E-state index in [2.05, 4.69) is 8.37 Å². The van der Waals surface area contributed by atoms with E-state index in [1.165, 1.54) is 0 Å². The molecule has 0 heterocycles. The van der Waals surface area contributed by atoms with E-state index in [0.717, 1.165) is 0 Å². The summed E-state index contributed by atoms with van der Waals surface area (Å²) in [7, 11) is -3.84. The van der Waals surface area contributed by atoms with E-state index >= 15 is 0 Å². The van der Waals surface area contributed by atoms with E-state index in [-0.39, 0.29) is 0 Å². The van der Waals surface area contributed by atoms with Crippen LogP contribution in [0.1, 0.15) is 34.6 Å². The van der Waals surface area contributed by atoms with Gasteiger partial charge in [0.2, 0.25) is 0 Å². The predicted octanol–water partition coefficient (Wildman–Crippen LogP) is 1.47. The van der Waals surface area contributed by atoms with Crippen molar-refractivity contribution < 1.29 is 16.8 Å². The molecule has 0 spiro atoms. The maximum Gasteiger partial charge on any atom is 0.400 e. The van der Waals surface area contributed by atoms with Gasteiger partial charge in [0.05, 0.1) is 11.7 Å². The number of rotatable bonds is 3. The zero-order valence-corrected chi connectivity index (χ0v) is 8.94. The highest BCUT2D eigenvalue weighted by Gasteiger charge is 2.23. The Hall–Kier alpha value is -0.130. The van der Waals surface area contributed by atoms with Gasteiger partial charge in [-0.05, 0) is 34.6 Å². The molecular weight excluding hydrogens is 180 g/mol. The third-order valence-electron chi connectivity index (χ3n) is 0.662. The van der Waals surface area contributed by atoms with Crippen LogP contribution in [0.15, 0.2) is 0 Å². The molecule has 0 unspecified atom stereocenters. The highest BCUT2D eigenvalue weighted by atomic mass is 32.3. The lowest BCUT2D eigenvalue weighted by atomic mass is 10.2. The summed E-state index contributed by atoms with van der Waals surface area (Å²) in [6, 6.07) is 0. The van der Waals surface area contributed by atoms with Crippen LogP contribution in [0.3, 0.4) is 0 Å². The molecule has 5 heteroatoms. The van der Waals surface area contributed by atoms with Gasteiger partial charge in [-0.1, -0.05) is 0 Å². The molecule has 0 aliphatic rings. The third-order valence-corrected chi connectivity index (χ3v) is 1.99. The zero-order chi connectivity index (χ0) is 9.99. The summed E-state index contributed by atoms with van der Waals surface area (Å²) in [6.45, 7) is 8.20. The Balaban J connectivity index is 4.26. The fraction of sp³-hybridized carbons (Fsp3) is 1.00. The summed E-state index contributed by atoms with van der Waals surface area (Å²) in [5, 5.41) is 0. The molecule has 0 aromatic heterocycles. The van der Waals surface area contributed by atoms with E-state index in [0.29, 0.717) is 0 Å². The van der Waals surface area contributed by atoms with Crippen molar-refractivity contribution in [2.45, 2.75) is 46.3 Å². The first-order chi connectivity index (χ1) is 5.12. The van der Waals surface area contributed by atoms with Gasteiger partial charge >= 0.3 is 10.4 Å². The van der Waals surface area contributed by atoms with E-state index in [4.69, 9.17) is 0 Å². The Kier molecular flexibility index (Phi) is 3.68. The second kappa shape index (κ2) is 3.72. The fourth-order valence-corrected chi connectivity index (χ4v) is 1.68. The Morgan fingerprint density at radius 3 is 1.83 bits per heavy atom.